The standard InChI is InChI=1S/C11H12F3N5O2S/c1-10-3-2-6(20)19(10)5(4-22-10)7(21)15-9-16-8(17-18-9)11(12,13)14/h5H,2-4H2,1H3,(H2,15,16,17,18,21)/t5-,10-/m1/s1. The Labute approximate surface area is 127 Å². The molecule has 0 saturated carbocycles. The number of nitrogens with one attached hydrogen (secondary N) is 2. The van der Waals surface area contributed by atoms with Crippen molar-refractivity contribution in [2.45, 2.75) is 36.9 Å². The summed E-state index contributed by atoms with van der Waals surface area (Å²) in [6.07, 6.45) is -3.64. The number of hydrogen-bond donors (Lipinski definition) is 2. The van der Waals surface area contributed by atoms with Gasteiger partial charge in [0.05, 0.1) is 4.87 Å². The van der Waals surface area contributed by atoms with Crippen molar-refractivity contribution in [1.82, 2.24) is 20.1 Å². The van der Waals surface area contributed by atoms with Crippen molar-refractivity contribution in [3.8, 4) is 0 Å². The average Bonchev–Trinajstić information content (AvgIpc) is 3.06. The van der Waals surface area contributed by atoms with E-state index in [2.05, 4.69) is 15.4 Å². The van der Waals surface area contributed by atoms with Crippen LogP contribution in [0.3, 0.4) is 0 Å². The van der Waals surface area contributed by atoms with Gasteiger partial charge < -0.3 is 4.90 Å². The molecule has 0 radical (unpaired) electrons. The average molecular weight is 335 g/mol. The van der Waals surface area contributed by atoms with Crippen LogP contribution in [0.4, 0.5) is 19.1 Å². The lowest BCUT2D eigenvalue weighted by Gasteiger charge is -2.29. The minimum absolute atomic E-state index is 0.126. The zero-order chi connectivity index (χ0) is 16.1. The quantitative estimate of drug-likeness (QED) is 0.848. The third-order valence-corrected chi connectivity index (χ3v) is 5.24. The van der Waals surface area contributed by atoms with Crippen LogP contribution in [0, 0.1) is 0 Å². The number of halogens is 3. The smallest absolute Gasteiger partial charge is 0.315 e. The van der Waals surface area contributed by atoms with Gasteiger partial charge in [-0.05, 0) is 13.3 Å². The normalized spacial score (nSPS) is 28.1. The Morgan fingerprint density at radius 3 is 2.91 bits per heavy atom. The Bertz CT molecular complexity index is 633. The summed E-state index contributed by atoms with van der Waals surface area (Å²) in [4.78, 5) is 28.4. The molecule has 2 aliphatic rings. The Hall–Kier alpha value is -1.78. The van der Waals surface area contributed by atoms with Gasteiger partial charge in [-0.15, -0.1) is 16.9 Å². The van der Waals surface area contributed by atoms with Crippen LogP contribution in [0.1, 0.15) is 25.6 Å². The third-order valence-electron chi connectivity index (χ3n) is 3.74. The number of carbonyl (C=O) groups is 2. The van der Waals surface area contributed by atoms with Crippen LogP contribution >= 0.6 is 11.8 Å². The van der Waals surface area contributed by atoms with Gasteiger partial charge in [-0.1, -0.05) is 0 Å². The zero-order valence-corrected chi connectivity index (χ0v) is 12.2. The van der Waals surface area contributed by atoms with Gasteiger partial charge in [-0.2, -0.15) is 18.2 Å². The third kappa shape index (κ3) is 2.42. The zero-order valence-electron chi connectivity index (χ0n) is 11.4. The van der Waals surface area contributed by atoms with Crippen molar-refractivity contribution in [3.05, 3.63) is 5.82 Å². The molecule has 1 aromatic rings. The van der Waals surface area contributed by atoms with Crippen LogP contribution in [-0.2, 0) is 15.8 Å². The molecular formula is C11H12F3N5O2S. The van der Waals surface area contributed by atoms with Crippen molar-refractivity contribution < 1.29 is 22.8 Å². The maximum Gasteiger partial charge on any atom is 0.451 e. The number of anilines is 1. The Morgan fingerprint density at radius 2 is 2.27 bits per heavy atom. The van der Waals surface area contributed by atoms with Crippen molar-refractivity contribution in [1.29, 1.82) is 0 Å². The molecular weight excluding hydrogens is 323 g/mol. The number of nitrogens with zero attached hydrogens (tertiary/aromatic N) is 3. The highest BCUT2D eigenvalue weighted by Crippen LogP contribution is 2.47. The summed E-state index contributed by atoms with van der Waals surface area (Å²) < 4.78 is 37.2. The maximum absolute atomic E-state index is 12.4. The lowest BCUT2D eigenvalue weighted by Crippen LogP contribution is -2.48. The van der Waals surface area contributed by atoms with Crippen molar-refractivity contribution in [3.63, 3.8) is 0 Å². The minimum atomic E-state index is -4.66. The van der Waals surface area contributed by atoms with E-state index in [1.165, 1.54) is 16.7 Å². The first-order valence-corrected chi connectivity index (χ1v) is 7.46. The lowest BCUT2D eigenvalue weighted by molar-refractivity contribution is -0.144. The van der Waals surface area contributed by atoms with Crippen LogP contribution in [-0.4, -0.2) is 48.6 Å². The molecule has 0 aromatic carbocycles. The highest BCUT2D eigenvalue weighted by atomic mass is 32.2. The second-order valence-corrected chi connectivity index (χ2v) is 6.76. The SMILES string of the molecule is C[C@@]12CCC(=O)N1[C@@H](C(=O)Nc1n[nH]c(C(F)(F)F)n1)CS2. The van der Waals surface area contributed by atoms with E-state index in [1.807, 2.05) is 6.92 Å². The molecule has 0 aliphatic carbocycles. The number of hydrogen-bond acceptors (Lipinski definition) is 5. The van der Waals surface area contributed by atoms with Crippen LogP contribution in [0.15, 0.2) is 0 Å². The fourth-order valence-corrected chi connectivity index (χ4v) is 4.08. The highest BCUT2D eigenvalue weighted by molar-refractivity contribution is 8.01. The number of H-pyrrole nitrogens is 1. The van der Waals surface area contributed by atoms with Crippen LogP contribution in [0.5, 0.6) is 0 Å². The number of aromatic nitrogens is 3. The molecule has 2 amide bonds. The molecule has 3 rings (SSSR count). The fourth-order valence-electron chi connectivity index (χ4n) is 2.65. The molecule has 0 unspecified atom stereocenters. The number of carbonyl (C=O) groups excluding carboxylic acids is 2. The molecule has 11 heteroatoms. The summed E-state index contributed by atoms with van der Waals surface area (Å²) in [6, 6.07) is -0.724. The predicted molar refractivity (Wildman–Crippen MR) is 70.7 cm³/mol. The summed E-state index contributed by atoms with van der Waals surface area (Å²) in [5, 5.41) is 7.26. The lowest BCUT2D eigenvalue weighted by atomic mass is 10.2. The molecule has 2 aliphatic heterocycles. The van der Waals surface area contributed by atoms with Crippen LogP contribution < -0.4 is 5.32 Å². The first-order chi connectivity index (χ1) is 10.2. The molecule has 2 atom stereocenters. The molecule has 0 bridgehead atoms. The molecule has 2 fully saturated rings. The molecule has 22 heavy (non-hydrogen) atoms. The largest absolute Gasteiger partial charge is 0.451 e. The van der Waals surface area contributed by atoms with E-state index in [1.54, 1.807) is 5.10 Å². The monoisotopic (exact) mass is 335 g/mol. The summed E-state index contributed by atoms with van der Waals surface area (Å²) >= 11 is 1.49. The second-order valence-electron chi connectivity index (χ2n) is 5.26. The summed E-state index contributed by atoms with van der Waals surface area (Å²) in [5.74, 6) is -2.06. The van der Waals surface area contributed by atoms with Gasteiger partial charge in [-0.25, -0.2) is 0 Å². The van der Waals surface area contributed by atoms with E-state index in [4.69, 9.17) is 0 Å². The van der Waals surface area contributed by atoms with Crippen molar-refractivity contribution in [2.24, 2.45) is 0 Å². The highest BCUT2D eigenvalue weighted by Gasteiger charge is 2.53. The first kappa shape index (κ1) is 15.1. The van der Waals surface area contributed by atoms with E-state index in [9.17, 15) is 22.8 Å². The summed E-state index contributed by atoms with van der Waals surface area (Å²) in [5.41, 5.74) is 0. The van der Waals surface area contributed by atoms with Gasteiger partial charge in [0, 0.05) is 12.2 Å². The number of alkyl halides is 3. The van der Waals surface area contributed by atoms with Gasteiger partial charge in [0.25, 0.3) is 0 Å². The Morgan fingerprint density at radius 1 is 1.55 bits per heavy atom. The maximum atomic E-state index is 12.4. The number of fused-ring (bicyclic) bond motifs is 1. The van der Waals surface area contributed by atoms with Crippen LogP contribution in [0.25, 0.3) is 0 Å². The van der Waals surface area contributed by atoms with E-state index < -0.39 is 34.8 Å². The molecule has 0 spiro atoms. The van der Waals surface area contributed by atoms with E-state index in [-0.39, 0.29) is 5.91 Å². The minimum Gasteiger partial charge on any atom is -0.315 e. The van der Waals surface area contributed by atoms with Crippen LogP contribution in [0.2, 0.25) is 0 Å². The van der Waals surface area contributed by atoms with Gasteiger partial charge in [0.15, 0.2) is 0 Å². The molecule has 1 aromatic heterocycles. The van der Waals surface area contributed by atoms with Gasteiger partial charge in [0.2, 0.25) is 23.6 Å². The molecule has 120 valence electrons. The Kier molecular flexibility index (Phi) is 3.34. The number of rotatable bonds is 2. The first-order valence-electron chi connectivity index (χ1n) is 6.47. The van der Waals surface area contributed by atoms with E-state index >= 15 is 0 Å². The topological polar surface area (TPSA) is 91.0 Å². The second kappa shape index (κ2) is 4.86. The van der Waals surface area contributed by atoms with E-state index in [0.29, 0.717) is 18.6 Å². The number of thioether (sulfide) groups is 1. The number of aromatic amines is 1. The molecule has 3 heterocycles. The summed E-state index contributed by atoms with van der Waals surface area (Å²) in [6.45, 7) is 1.88. The predicted octanol–water partition coefficient (Wildman–Crippen LogP) is 1.22. The number of amides is 2. The van der Waals surface area contributed by atoms with Gasteiger partial charge in [0.1, 0.15) is 6.04 Å². The fraction of sp³-hybridized carbons (Fsp3) is 0.636. The summed E-state index contributed by atoms with van der Waals surface area (Å²) in [7, 11) is 0. The molecule has 7 nitrogen and oxygen atoms in total. The molecule has 2 N–H and O–H groups in total. The Balaban J connectivity index is 1.73. The van der Waals surface area contributed by atoms with Crippen molar-refractivity contribution in [2.75, 3.05) is 11.1 Å². The van der Waals surface area contributed by atoms with Crippen molar-refractivity contribution >= 4 is 29.5 Å². The molecule has 2 saturated heterocycles. The van der Waals surface area contributed by atoms with Gasteiger partial charge >= 0.3 is 6.18 Å². The van der Waals surface area contributed by atoms with E-state index in [0.717, 1.165) is 0 Å². The van der Waals surface area contributed by atoms with Gasteiger partial charge in [-0.3, -0.25) is 20.0 Å².